The molecule has 1 heteroatoms. The van der Waals surface area contributed by atoms with E-state index in [2.05, 4.69) is 48.5 Å². The number of aryl methyl sites for hydroxylation is 2. The summed E-state index contributed by atoms with van der Waals surface area (Å²) in [6, 6.07) is 19.0. The molecule has 0 heterocycles. The summed E-state index contributed by atoms with van der Waals surface area (Å²) in [4.78, 5) is 0. The van der Waals surface area contributed by atoms with Crippen LogP contribution in [0, 0.1) is 5.92 Å². The Balaban J connectivity index is 1.57. The number of rotatable bonds is 4. The topological polar surface area (TPSA) is 20.2 Å². The van der Waals surface area contributed by atoms with E-state index in [1.54, 1.807) is 0 Å². The monoisotopic (exact) mass is 266 g/mol. The largest absolute Gasteiger partial charge is 0.388 e. The van der Waals surface area contributed by atoms with Crippen molar-refractivity contribution in [3.8, 4) is 0 Å². The van der Waals surface area contributed by atoms with Gasteiger partial charge in [0, 0.05) is 0 Å². The number of hydrogen-bond donors (Lipinski definition) is 1. The van der Waals surface area contributed by atoms with Crippen LogP contribution in [-0.2, 0) is 12.8 Å². The van der Waals surface area contributed by atoms with Crippen molar-refractivity contribution >= 4 is 0 Å². The standard InChI is InChI=1S/C19H22O/c20-19-17(11-6-9-15-7-2-1-3-8-15)14-13-16-10-4-5-12-18(16)19/h1-5,7-8,10,12,17,19-20H,6,9,11,13-14H2. The van der Waals surface area contributed by atoms with Gasteiger partial charge < -0.3 is 5.11 Å². The van der Waals surface area contributed by atoms with Crippen molar-refractivity contribution in [2.24, 2.45) is 5.92 Å². The van der Waals surface area contributed by atoms with Crippen LogP contribution in [0.25, 0.3) is 0 Å². The quantitative estimate of drug-likeness (QED) is 0.874. The maximum Gasteiger partial charge on any atom is 0.0820 e. The highest BCUT2D eigenvalue weighted by molar-refractivity contribution is 5.31. The van der Waals surface area contributed by atoms with Gasteiger partial charge in [-0.25, -0.2) is 0 Å². The third-order valence-corrected chi connectivity index (χ3v) is 4.49. The molecular weight excluding hydrogens is 244 g/mol. The van der Waals surface area contributed by atoms with Gasteiger partial charge in [-0.15, -0.1) is 0 Å². The number of fused-ring (bicyclic) bond motifs is 1. The van der Waals surface area contributed by atoms with Gasteiger partial charge >= 0.3 is 0 Å². The number of hydrogen-bond acceptors (Lipinski definition) is 1. The van der Waals surface area contributed by atoms with Gasteiger partial charge in [0.25, 0.3) is 0 Å². The second kappa shape index (κ2) is 6.23. The Morgan fingerprint density at radius 3 is 2.55 bits per heavy atom. The summed E-state index contributed by atoms with van der Waals surface area (Å²) in [5.74, 6) is 0.425. The smallest absolute Gasteiger partial charge is 0.0820 e. The van der Waals surface area contributed by atoms with Gasteiger partial charge in [-0.1, -0.05) is 54.6 Å². The summed E-state index contributed by atoms with van der Waals surface area (Å²) in [7, 11) is 0. The van der Waals surface area contributed by atoms with Gasteiger partial charge in [0.05, 0.1) is 6.10 Å². The van der Waals surface area contributed by atoms with E-state index in [1.165, 1.54) is 11.1 Å². The zero-order valence-electron chi connectivity index (χ0n) is 11.8. The normalized spacial score (nSPS) is 21.4. The van der Waals surface area contributed by atoms with E-state index >= 15 is 0 Å². The minimum Gasteiger partial charge on any atom is -0.388 e. The van der Waals surface area contributed by atoms with Crippen LogP contribution in [0.2, 0.25) is 0 Å². The molecule has 3 rings (SSSR count). The fraction of sp³-hybridized carbons (Fsp3) is 0.368. The molecule has 0 fully saturated rings. The number of benzene rings is 2. The van der Waals surface area contributed by atoms with E-state index in [4.69, 9.17) is 0 Å². The highest BCUT2D eigenvalue weighted by Crippen LogP contribution is 2.36. The fourth-order valence-corrected chi connectivity index (χ4v) is 3.32. The molecule has 2 aromatic carbocycles. The van der Waals surface area contributed by atoms with E-state index in [-0.39, 0.29) is 6.10 Å². The molecule has 1 nitrogen and oxygen atoms in total. The van der Waals surface area contributed by atoms with Crippen LogP contribution >= 0.6 is 0 Å². The van der Waals surface area contributed by atoms with Gasteiger partial charge in [0.1, 0.15) is 0 Å². The molecule has 0 bridgehead atoms. The van der Waals surface area contributed by atoms with Crippen LogP contribution in [0.3, 0.4) is 0 Å². The third kappa shape index (κ3) is 2.94. The first-order chi connectivity index (χ1) is 9.84. The molecule has 104 valence electrons. The Morgan fingerprint density at radius 2 is 1.70 bits per heavy atom. The predicted molar refractivity (Wildman–Crippen MR) is 82.6 cm³/mol. The molecule has 0 saturated carbocycles. The molecule has 20 heavy (non-hydrogen) atoms. The molecule has 0 aliphatic heterocycles. The number of aliphatic hydroxyl groups is 1. The minimum atomic E-state index is -0.268. The molecule has 2 atom stereocenters. The molecule has 0 amide bonds. The second-order valence-electron chi connectivity index (χ2n) is 5.82. The van der Waals surface area contributed by atoms with Crippen molar-refractivity contribution in [3.05, 3.63) is 71.3 Å². The highest BCUT2D eigenvalue weighted by Gasteiger charge is 2.26. The Morgan fingerprint density at radius 1 is 0.950 bits per heavy atom. The Hall–Kier alpha value is -1.60. The van der Waals surface area contributed by atoms with Crippen molar-refractivity contribution < 1.29 is 5.11 Å². The maximum absolute atomic E-state index is 10.5. The van der Waals surface area contributed by atoms with Crippen molar-refractivity contribution in [1.82, 2.24) is 0 Å². The lowest BCUT2D eigenvalue weighted by atomic mass is 9.79. The van der Waals surface area contributed by atoms with E-state index < -0.39 is 0 Å². The fourth-order valence-electron chi connectivity index (χ4n) is 3.32. The van der Waals surface area contributed by atoms with Crippen LogP contribution in [0.4, 0.5) is 0 Å². The summed E-state index contributed by atoms with van der Waals surface area (Å²) in [6.45, 7) is 0. The zero-order valence-corrected chi connectivity index (χ0v) is 11.8. The van der Waals surface area contributed by atoms with E-state index in [9.17, 15) is 5.11 Å². The van der Waals surface area contributed by atoms with E-state index in [0.29, 0.717) is 5.92 Å². The van der Waals surface area contributed by atoms with Crippen LogP contribution in [-0.4, -0.2) is 5.11 Å². The average Bonchev–Trinajstić information content (AvgIpc) is 2.51. The van der Waals surface area contributed by atoms with Gasteiger partial charge in [0.2, 0.25) is 0 Å². The zero-order chi connectivity index (χ0) is 13.8. The van der Waals surface area contributed by atoms with Gasteiger partial charge in [-0.05, 0) is 54.7 Å². The Kier molecular flexibility index (Phi) is 4.17. The molecule has 2 unspecified atom stereocenters. The highest BCUT2D eigenvalue weighted by atomic mass is 16.3. The lowest BCUT2D eigenvalue weighted by molar-refractivity contribution is 0.0873. The van der Waals surface area contributed by atoms with Crippen molar-refractivity contribution in [1.29, 1.82) is 0 Å². The summed E-state index contributed by atoms with van der Waals surface area (Å²) in [5, 5.41) is 10.5. The van der Waals surface area contributed by atoms with Crippen LogP contribution in [0.15, 0.2) is 54.6 Å². The number of aliphatic hydroxyl groups excluding tert-OH is 1. The van der Waals surface area contributed by atoms with Crippen LogP contribution in [0.1, 0.15) is 42.1 Å². The Bertz CT molecular complexity index is 547. The molecular formula is C19H22O. The van der Waals surface area contributed by atoms with Crippen molar-refractivity contribution in [2.75, 3.05) is 0 Å². The maximum atomic E-state index is 10.5. The van der Waals surface area contributed by atoms with Crippen molar-refractivity contribution in [3.63, 3.8) is 0 Å². The first kappa shape index (κ1) is 13.4. The minimum absolute atomic E-state index is 0.268. The lowest BCUT2D eigenvalue weighted by Gasteiger charge is -2.30. The van der Waals surface area contributed by atoms with Gasteiger partial charge in [-0.3, -0.25) is 0 Å². The molecule has 0 radical (unpaired) electrons. The Labute approximate surface area is 121 Å². The molecule has 0 saturated heterocycles. The predicted octanol–water partition coefficient (Wildman–Crippen LogP) is 4.31. The van der Waals surface area contributed by atoms with Gasteiger partial charge in [-0.2, -0.15) is 0 Å². The molecule has 1 N–H and O–H groups in total. The van der Waals surface area contributed by atoms with Crippen molar-refractivity contribution in [2.45, 2.75) is 38.2 Å². The van der Waals surface area contributed by atoms with Crippen LogP contribution in [0.5, 0.6) is 0 Å². The average molecular weight is 266 g/mol. The lowest BCUT2D eigenvalue weighted by Crippen LogP contribution is -2.20. The van der Waals surface area contributed by atoms with Gasteiger partial charge in [0.15, 0.2) is 0 Å². The summed E-state index contributed by atoms with van der Waals surface area (Å²) in [5.41, 5.74) is 3.89. The SMILES string of the molecule is OC1c2ccccc2CCC1CCCc1ccccc1. The van der Waals surface area contributed by atoms with E-state index in [1.807, 2.05) is 6.07 Å². The summed E-state index contributed by atoms with van der Waals surface area (Å²) < 4.78 is 0. The molecule has 0 aromatic heterocycles. The first-order valence-corrected chi connectivity index (χ1v) is 7.64. The molecule has 2 aromatic rings. The van der Waals surface area contributed by atoms with Crippen LogP contribution < -0.4 is 0 Å². The first-order valence-electron chi connectivity index (χ1n) is 7.64. The molecule has 0 spiro atoms. The molecule has 1 aliphatic carbocycles. The third-order valence-electron chi connectivity index (χ3n) is 4.49. The molecule has 1 aliphatic rings. The summed E-state index contributed by atoms with van der Waals surface area (Å²) in [6.07, 6.45) is 5.36. The summed E-state index contributed by atoms with van der Waals surface area (Å²) >= 11 is 0. The second-order valence-corrected chi connectivity index (χ2v) is 5.82. The van der Waals surface area contributed by atoms with E-state index in [0.717, 1.165) is 37.7 Å².